The van der Waals surface area contributed by atoms with E-state index in [2.05, 4.69) is 5.32 Å². The summed E-state index contributed by atoms with van der Waals surface area (Å²) >= 11 is 0. The predicted molar refractivity (Wildman–Crippen MR) is 115 cm³/mol. The van der Waals surface area contributed by atoms with Crippen molar-refractivity contribution in [1.29, 1.82) is 0 Å². The SMILES string of the molecule is CC.CC(N)NC(=O)CCCCCCCCCCCCCCCCC(=O)O. The van der Waals surface area contributed by atoms with Crippen molar-refractivity contribution >= 4 is 11.9 Å². The van der Waals surface area contributed by atoms with Gasteiger partial charge in [0.15, 0.2) is 0 Å². The molecule has 0 spiro atoms. The first-order valence-corrected chi connectivity index (χ1v) is 11.3. The van der Waals surface area contributed by atoms with Gasteiger partial charge in [-0.3, -0.25) is 9.59 Å². The van der Waals surface area contributed by atoms with Gasteiger partial charge >= 0.3 is 5.97 Å². The molecule has 0 saturated carbocycles. The number of hydrogen-bond donors (Lipinski definition) is 3. The van der Waals surface area contributed by atoms with Crippen LogP contribution in [0.25, 0.3) is 0 Å². The summed E-state index contributed by atoms with van der Waals surface area (Å²) in [5.74, 6) is -0.608. The molecule has 0 aromatic carbocycles. The lowest BCUT2D eigenvalue weighted by molar-refractivity contribution is -0.137. The van der Waals surface area contributed by atoms with E-state index < -0.39 is 5.97 Å². The molecule has 0 radical (unpaired) electrons. The molecule has 5 nitrogen and oxygen atoms in total. The molecule has 0 rings (SSSR count). The van der Waals surface area contributed by atoms with Gasteiger partial charge in [-0.15, -0.1) is 0 Å². The average Bonchev–Trinajstić information content (AvgIpc) is 2.62. The molecule has 0 bridgehead atoms. The Labute approximate surface area is 167 Å². The highest BCUT2D eigenvalue weighted by atomic mass is 16.4. The summed E-state index contributed by atoms with van der Waals surface area (Å²) in [5, 5.41) is 11.3. The molecule has 0 aliphatic rings. The van der Waals surface area contributed by atoms with Crippen LogP contribution in [0.3, 0.4) is 0 Å². The van der Waals surface area contributed by atoms with E-state index in [1.165, 1.54) is 64.2 Å². The second kappa shape index (κ2) is 22.9. The maximum Gasteiger partial charge on any atom is 0.303 e. The van der Waals surface area contributed by atoms with Crippen molar-refractivity contribution in [3.63, 3.8) is 0 Å². The van der Waals surface area contributed by atoms with E-state index in [4.69, 9.17) is 10.8 Å². The van der Waals surface area contributed by atoms with Gasteiger partial charge in [0, 0.05) is 12.8 Å². The van der Waals surface area contributed by atoms with E-state index in [0.717, 1.165) is 25.7 Å². The van der Waals surface area contributed by atoms with Crippen LogP contribution < -0.4 is 11.1 Å². The van der Waals surface area contributed by atoms with Gasteiger partial charge in [-0.05, 0) is 19.8 Å². The number of unbranched alkanes of at least 4 members (excludes halogenated alkanes) is 13. The minimum absolute atomic E-state index is 0.0666. The Morgan fingerprint density at radius 3 is 1.30 bits per heavy atom. The van der Waals surface area contributed by atoms with Crippen molar-refractivity contribution < 1.29 is 14.7 Å². The number of nitrogens with one attached hydrogen (secondary N) is 1. The Hall–Kier alpha value is -1.10. The van der Waals surface area contributed by atoms with Crippen LogP contribution in [0.2, 0.25) is 0 Å². The maximum atomic E-state index is 11.4. The summed E-state index contributed by atoms with van der Waals surface area (Å²) in [4.78, 5) is 21.8. The normalized spacial score (nSPS) is 11.4. The molecule has 1 atom stereocenters. The number of aliphatic carboxylic acids is 1. The summed E-state index contributed by atoms with van der Waals surface area (Å²) in [5.41, 5.74) is 5.51. The van der Waals surface area contributed by atoms with Gasteiger partial charge in [0.05, 0.1) is 6.17 Å². The van der Waals surface area contributed by atoms with Crippen molar-refractivity contribution in [3.8, 4) is 0 Å². The lowest BCUT2D eigenvalue weighted by atomic mass is 10.0. The third-order valence-electron chi connectivity index (χ3n) is 4.43. The fraction of sp³-hybridized carbons (Fsp3) is 0.909. The zero-order valence-electron chi connectivity index (χ0n) is 18.2. The number of carbonyl (C=O) groups excluding carboxylic acids is 1. The number of hydrogen-bond acceptors (Lipinski definition) is 3. The van der Waals surface area contributed by atoms with E-state index >= 15 is 0 Å². The first-order valence-electron chi connectivity index (χ1n) is 11.3. The predicted octanol–water partition coefficient (Wildman–Crippen LogP) is 5.76. The minimum atomic E-state index is -0.674. The topological polar surface area (TPSA) is 92.4 Å². The van der Waals surface area contributed by atoms with Gasteiger partial charge in [-0.2, -0.15) is 0 Å². The van der Waals surface area contributed by atoms with Crippen LogP contribution in [0, 0.1) is 0 Å². The van der Waals surface area contributed by atoms with E-state index in [9.17, 15) is 9.59 Å². The second-order valence-corrected chi connectivity index (χ2v) is 7.20. The molecule has 0 aromatic heterocycles. The van der Waals surface area contributed by atoms with Crippen molar-refractivity contribution in [1.82, 2.24) is 5.32 Å². The second-order valence-electron chi connectivity index (χ2n) is 7.20. The van der Waals surface area contributed by atoms with Crippen molar-refractivity contribution in [2.45, 2.75) is 130 Å². The number of carboxylic acid groups (broad SMARTS) is 1. The molecule has 0 heterocycles. The Bertz CT molecular complexity index is 334. The maximum absolute atomic E-state index is 11.4. The van der Waals surface area contributed by atoms with Gasteiger partial charge in [-0.1, -0.05) is 90.9 Å². The van der Waals surface area contributed by atoms with Crippen LogP contribution >= 0.6 is 0 Å². The first kappa shape index (κ1) is 28.1. The summed E-state index contributed by atoms with van der Waals surface area (Å²) in [6.07, 6.45) is 17.5. The first-order chi connectivity index (χ1) is 13.0. The molecule has 0 saturated heterocycles. The standard InChI is InChI=1S/C20H40N2O3.C2H6/c1-18(21)22-19(23)16-14-12-10-8-6-4-2-3-5-7-9-11-13-15-17-20(24)25;1-2/h18H,2-17,21H2,1H3,(H,22,23)(H,24,25);1-2H3. The van der Waals surface area contributed by atoms with Crippen LogP contribution in [0.4, 0.5) is 0 Å². The molecule has 0 aliphatic carbocycles. The average molecular weight is 387 g/mol. The van der Waals surface area contributed by atoms with E-state index in [1.807, 2.05) is 13.8 Å². The van der Waals surface area contributed by atoms with Crippen LogP contribution in [0.5, 0.6) is 0 Å². The van der Waals surface area contributed by atoms with Crippen LogP contribution in [-0.2, 0) is 9.59 Å². The molecule has 1 amide bonds. The lowest BCUT2D eigenvalue weighted by Gasteiger charge is -2.07. The molecule has 5 heteroatoms. The van der Waals surface area contributed by atoms with E-state index in [1.54, 1.807) is 6.92 Å². The Kier molecular flexibility index (Phi) is 23.9. The third-order valence-corrected chi connectivity index (χ3v) is 4.43. The highest BCUT2D eigenvalue weighted by Gasteiger charge is 2.02. The highest BCUT2D eigenvalue weighted by Crippen LogP contribution is 2.13. The van der Waals surface area contributed by atoms with Crippen LogP contribution in [0.15, 0.2) is 0 Å². The van der Waals surface area contributed by atoms with Gasteiger partial charge < -0.3 is 16.2 Å². The Balaban J connectivity index is 0. The largest absolute Gasteiger partial charge is 0.481 e. The van der Waals surface area contributed by atoms with Gasteiger partial charge in [0.1, 0.15) is 0 Å². The number of carboxylic acids is 1. The van der Waals surface area contributed by atoms with Gasteiger partial charge in [-0.25, -0.2) is 0 Å². The van der Waals surface area contributed by atoms with E-state index in [-0.39, 0.29) is 12.1 Å². The fourth-order valence-electron chi connectivity index (χ4n) is 3.01. The molecular weight excluding hydrogens is 340 g/mol. The summed E-state index contributed by atoms with van der Waals surface area (Å²) in [7, 11) is 0. The van der Waals surface area contributed by atoms with Crippen LogP contribution in [-0.4, -0.2) is 23.1 Å². The Morgan fingerprint density at radius 2 is 1.00 bits per heavy atom. The summed E-state index contributed by atoms with van der Waals surface area (Å²) in [6, 6.07) is 0. The molecule has 0 fully saturated rings. The number of nitrogens with two attached hydrogens (primary N) is 1. The minimum Gasteiger partial charge on any atom is -0.481 e. The van der Waals surface area contributed by atoms with Crippen molar-refractivity contribution in [3.05, 3.63) is 0 Å². The highest BCUT2D eigenvalue weighted by molar-refractivity contribution is 5.76. The smallest absolute Gasteiger partial charge is 0.303 e. The molecule has 162 valence electrons. The number of carbonyl (C=O) groups is 2. The fourth-order valence-corrected chi connectivity index (χ4v) is 3.01. The summed E-state index contributed by atoms with van der Waals surface area (Å²) < 4.78 is 0. The van der Waals surface area contributed by atoms with Crippen LogP contribution in [0.1, 0.15) is 124 Å². The molecule has 0 aliphatic heterocycles. The zero-order chi connectivity index (χ0) is 20.8. The lowest BCUT2D eigenvalue weighted by Crippen LogP contribution is -2.38. The van der Waals surface area contributed by atoms with Gasteiger partial charge in [0.2, 0.25) is 5.91 Å². The van der Waals surface area contributed by atoms with Crippen molar-refractivity contribution in [2.24, 2.45) is 5.73 Å². The van der Waals surface area contributed by atoms with Gasteiger partial charge in [0.25, 0.3) is 0 Å². The molecule has 4 N–H and O–H groups in total. The summed E-state index contributed by atoms with van der Waals surface area (Å²) in [6.45, 7) is 5.78. The number of amides is 1. The monoisotopic (exact) mass is 386 g/mol. The molecule has 27 heavy (non-hydrogen) atoms. The molecule has 0 aromatic rings. The third kappa shape index (κ3) is 27.2. The molecular formula is C22H46N2O3. The zero-order valence-corrected chi connectivity index (χ0v) is 18.2. The number of rotatable bonds is 18. The van der Waals surface area contributed by atoms with E-state index in [0.29, 0.717) is 12.8 Å². The van der Waals surface area contributed by atoms with Crippen molar-refractivity contribution in [2.75, 3.05) is 0 Å². The Morgan fingerprint density at radius 1 is 0.704 bits per heavy atom. The quantitative estimate of drug-likeness (QED) is 0.206. The molecule has 1 unspecified atom stereocenters.